The number of nitrogen functional groups attached to an aromatic ring is 1. The third kappa shape index (κ3) is 3.96. The zero-order chi connectivity index (χ0) is 15.6. The van der Waals surface area contributed by atoms with Crippen LogP contribution in [0.25, 0.3) is 0 Å². The molecule has 0 radical (unpaired) electrons. The van der Waals surface area contributed by atoms with Gasteiger partial charge in [-0.05, 0) is 70.0 Å². The largest absolute Gasteiger partial charge is 0.399 e. The minimum Gasteiger partial charge on any atom is -0.399 e. The molecule has 0 aliphatic carbocycles. The zero-order valence-electron chi connectivity index (χ0n) is 13.0. The van der Waals surface area contributed by atoms with E-state index in [1.54, 1.807) is 6.07 Å². The Labute approximate surface area is 127 Å². The number of hydrogen-bond acceptors (Lipinski definition) is 4. The van der Waals surface area contributed by atoms with E-state index in [2.05, 4.69) is 9.62 Å². The van der Waals surface area contributed by atoms with Gasteiger partial charge in [-0.1, -0.05) is 0 Å². The molecule has 1 saturated heterocycles. The van der Waals surface area contributed by atoms with Gasteiger partial charge in [0.05, 0.1) is 4.90 Å². The van der Waals surface area contributed by atoms with E-state index in [0.29, 0.717) is 5.69 Å². The number of sulfonamides is 1. The Morgan fingerprint density at radius 2 is 1.90 bits per heavy atom. The van der Waals surface area contributed by atoms with Gasteiger partial charge in [0.25, 0.3) is 0 Å². The Hall–Kier alpha value is -1.11. The molecule has 1 aliphatic rings. The maximum absolute atomic E-state index is 12.6. The molecule has 5 nitrogen and oxygen atoms in total. The molecule has 2 rings (SSSR count). The smallest absolute Gasteiger partial charge is 0.241 e. The van der Waals surface area contributed by atoms with Crippen LogP contribution in [0.3, 0.4) is 0 Å². The van der Waals surface area contributed by atoms with Crippen LogP contribution in [0.1, 0.15) is 30.9 Å². The highest BCUT2D eigenvalue weighted by atomic mass is 32.2. The second-order valence-electron chi connectivity index (χ2n) is 5.99. The van der Waals surface area contributed by atoms with Crippen molar-refractivity contribution in [1.29, 1.82) is 0 Å². The van der Waals surface area contributed by atoms with Crippen LogP contribution in [-0.2, 0) is 10.0 Å². The maximum Gasteiger partial charge on any atom is 0.241 e. The summed E-state index contributed by atoms with van der Waals surface area (Å²) in [6.07, 6.45) is 2.40. The van der Waals surface area contributed by atoms with E-state index in [1.165, 1.54) is 18.9 Å². The maximum atomic E-state index is 12.6. The van der Waals surface area contributed by atoms with Gasteiger partial charge in [0.2, 0.25) is 10.0 Å². The van der Waals surface area contributed by atoms with Gasteiger partial charge in [-0.3, -0.25) is 0 Å². The lowest BCUT2D eigenvalue weighted by Crippen LogP contribution is -2.41. The van der Waals surface area contributed by atoms with Crippen molar-refractivity contribution in [3.05, 3.63) is 23.3 Å². The van der Waals surface area contributed by atoms with E-state index in [4.69, 9.17) is 5.73 Å². The Balaban J connectivity index is 2.14. The molecule has 1 aromatic carbocycles. The third-order valence-electron chi connectivity index (χ3n) is 4.02. The van der Waals surface area contributed by atoms with E-state index in [1.807, 2.05) is 20.8 Å². The van der Waals surface area contributed by atoms with Gasteiger partial charge in [0.15, 0.2) is 0 Å². The van der Waals surface area contributed by atoms with Gasteiger partial charge in [-0.2, -0.15) is 0 Å². The molecular formula is C15H25N3O2S. The van der Waals surface area contributed by atoms with Crippen molar-refractivity contribution in [2.75, 3.05) is 25.4 Å². The number of rotatable bonds is 5. The average molecular weight is 311 g/mol. The van der Waals surface area contributed by atoms with E-state index < -0.39 is 10.0 Å². The number of benzene rings is 1. The number of hydrogen-bond donors (Lipinski definition) is 2. The summed E-state index contributed by atoms with van der Waals surface area (Å²) in [6, 6.07) is 3.21. The Morgan fingerprint density at radius 3 is 2.52 bits per heavy atom. The summed E-state index contributed by atoms with van der Waals surface area (Å²) >= 11 is 0. The highest BCUT2D eigenvalue weighted by Gasteiger charge is 2.23. The lowest BCUT2D eigenvalue weighted by atomic mass is 10.1. The summed E-state index contributed by atoms with van der Waals surface area (Å²) in [5.74, 6) is 0. The lowest BCUT2D eigenvalue weighted by Gasteiger charge is -2.22. The topological polar surface area (TPSA) is 75.4 Å². The second-order valence-corrected chi connectivity index (χ2v) is 7.67. The molecule has 1 unspecified atom stereocenters. The minimum absolute atomic E-state index is 0.116. The number of nitrogens with zero attached hydrogens (tertiary/aromatic N) is 1. The molecule has 21 heavy (non-hydrogen) atoms. The summed E-state index contributed by atoms with van der Waals surface area (Å²) in [5.41, 5.74) is 7.91. The molecule has 0 saturated carbocycles. The normalized spacial score (nSPS) is 18.0. The molecule has 0 bridgehead atoms. The molecule has 0 spiro atoms. The molecule has 0 amide bonds. The quantitative estimate of drug-likeness (QED) is 0.811. The number of aryl methyl sites for hydroxylation is 1. The predicted octanol–water partition coefficient (Wildman–Crippen LogP) is 1.65. The predicted molar refractivity (Wildman–Crippen MR) is 85.8 cm³/mol. The lowest BCUT2D eigenvalue weighted by molar-refractivity contribution is 0.312. The highest BCUT2D eigenvalue weighted by molar-refractivity contribution is 7.89. The Kier molecular flexibility index (Phi) is 4.91. The van der Waals surface area contributed by atoms with Crippen LogP contribution >= 0.6 is 0 Å². The van der Waals surface area contributed by atoms with Crippen LogP contribution in [0.15, 0.2) is 17.0 Å². The first-order valence-electron chi connectivity index (χ1n) is 7.41. The average Bonchev–Trinajstić information content (AvgIpc) is 2.85. The van der Waals surface area contributed by atoms with E-state index >= 15 is 0 Å². The first-order chi connectivity index (χ1) is 9.79. The monoisotopic (exact) mass is 311 g/mol. The van der Waals surface area contributed by atoms with Crippen LogP contribution < -0.4 is 10.5 Å². The minimum atomic E-state index is -3.53. The van der Waals surface area contributed by atoms with E-state index in [9.17, 15) is 8.42 Å². The van der Waals surface area contributed by atoms with Gasteiger partial charge in [-0.25, -0.2) is 13.1 Å². The summed E-state index contributed by atoms with van der Waals surface area (Å²) in [6.45, 7) is 8.46. The molecule has 1 heterocycles. The molecule has 0 aromatic heterocycles. The first kappa shape index (κ1) is 16.3. The van der Waals surface area contributed by atoms with Crippen LogP contribution in [-0.4, -0.2) is 39.0 Å². The van der Waals surface area contributed by atoms with E-state index in [0.717, 1.165) is 30.8 Å². The first-order valence-corrected chi connectivity index (χ1v) is 8.89. The fraction of sp³-hybridized carbons (Fsp3) is 0.600. The van der Waals surface area contributed by atoms with Gasteiger partial charge < -0.3 is 10.6 Å². The van der Waals surface area contributed by atoms with Crippen LogP contribution in [0.4, 0.5) is 5.69 Å². The number of nitrogens with one attached hydrogen (secondary N) is 1. The summed E-state index contributed by atoms with van der Waals surface area (Å²) in [4.78, 5) is 2.58. The molecular weight excluding hydrogens is 286 g/mol. The van der Waals surface area contributed by atoms with Gasteiger partial charge in [-0.15, -0.1) is 0 Å². The molecule has 6 heteroatoms. The van der Waals surface area contributed by atoms with Crippen molar-refractivity contribution in [3.63, 3.8) is 0 Å². The van der Waals surface area contributed by atoms with Crippen LogP contribution in [0.5, 0.6) is 0 Å². The fourth-order valence-electron chi connectivity index (χ4n) is 2.85. The van der Waals surface area contributed by atoms with Crippen molar-refractivity contribution in [1.82, 2.24) is 9.62 Å². The van der Waals surface area contributed by atoms with Crippen LogP contribution in [0.2, 0.25) is 0 Å². The molecule has 118 valence electrons. The van der Waals surface area contributed by atoms with E-state index in [-0.39, 0.29) is 10.9 Å². The molecule has 1 aliphatic heterocycles. The zero-order valence-corrected chi connectivity index (χ0v) is 13.8. The third-order valence-corrected chi connectivity index (χ3v) is 5.73. The molecule has 1 atom stereocenters. The van der Waals surface area contributed by atoms with Crippen molar-refractivity contribution in [2.45, 2.75) is 44.6 Å². The SMILES string of the molecule is Cc1cc(N)cc(S(=O)(=O)NC(C)CN2CCCC2)c1C. The Morgan fingerprint density at radius 1 is 1.29 bits per heavy atom. The molecule has 3 N–H and O–H groups in total. The van der Waals surface area contributed by atoms with Crippen molar-refractivity contribution >= 4 is 15.7 Å². The highest BCUT2D eigenvalue weighted by Crippen LogP contribution is 2.22. The van der Waals surface area contributed by atoms with Crippen molar-refractivity contribution in [3.8, 4) is 0 Å². The standard InChI is InChI=1S/C15H25N3O2S/c1-11-8-14(16)9-15(13(11)3)21(19,20)17-12(2)10-18-6-4-5-7-18/h8-9,12,17H,4-7,10,16H2,1-3H3. The second kappa shape index (κ2) is 6.34. The number of anilines is 1. The van der Waals surface area contributed by atoms with Crippen LogP contribution in [0, 0.1) is 13.8 Å². The fourth-order valence-corrected chi connectivity index (χ4v) is 4.44. The molecule has 1 fully saturated rings. The Bertz CT molecular complexity index is 608. The van der Waals surface area contributed by atoms with Crippen molar-refractivity contribution < 1.29 is 8.42 Å². The summed E-state index contributed by atoms with van der Waals surface area (Å²) in [7, 11) is -3.53. The number of nitrogens with two attached hydrogens (primary N) is 1. The van der Waals surface area contributed by atoms with Gasteiger partial charge >= 0.3 is 0 Å². The van der Waals surface area contributed by atoms with Gasteiger partial charge in [0, 0.05) is 18.3 Å². The summed E-state index contributed by atoms with van der Waals surface area (Å²) in [5, 5.41) is 0. The number of likely N-dealkylation sites (tertiary alicyclic amines) is 1. The van der Waals surface area contributed by atoms with Gasteiger partial charge in [0.1, 0.15) is 0 Å². The molecule has 1 aromatic rings. The summed E-state index contributed by atoms with van der Waals surface area (Å²) < 4.78 is 27.9. The van der Waals surface area contributed by atoms with Crippen molar-refractivity contribution in [2.24, 2.45) is 0 Å².